The van der Waals surface area contributed by atoms with Gasteiger partial charge in [0, 0.05) is 12.6 Å². The quantitative estimate of drug-likeness (QED) is 0.826. The maximum atomic E-state index is 3.75. The second-order valence-corrected chi connectivity index (χ2v) is 7.13. The molecule has 0 aromatic carbocycles. The number of hydrogen-bond donors (Lipinski definition) is 1. The molecule has 2 rings (SSSR count). The van der Waals surface area contributed by atoms with Crippen LogP contribution in [0.25, 0.3) is 0 Å². The predicted octanol–water partition coefficient (Wildman–Crippen LogP) is 3.28. The van der Waals surface area contributed by atoms with Gasteiger partial charge in [-0.3, -0.25) is 0 Å². The zero-order valence-corrected chi connectivity index (χ0v) is 12.7. The molecular weight excluding hydrogens is 220 g/mol. The summed E-state index contributed by atoms with van der Waals surface area (Å²) in [6.07, 6.45) is 8.41. The third-order valence-corrected chi connectivity index (χ3v) is 5.18. The van der Waals surface area contributed by atoms with Gasteiger partial charge in [0.05, 0.1) is 0 Å². The minimum atomic E-state index is 0.485. The standard InChI is InChI=1S/C16H32N2/c1-4-6-14-7-11-18(12-8-14)13-15-16(2,3)9-5-10-17-15/h14-15,17H,4-13H2,1-3H3. The van der Waals surface area contributed by atoms with E-state index in [4.69, 9.17) is 0 Å². The zero-order chi connectivity index (χ0) is 13.0. The normalized spacial score (nSPS) is 30.5. The zero-order valence-electron chi connectivity index (χ0n) is 12.7. The van der Waals surface area contributed by atoms with E-state index < -0.39 is 0 Å². The highest BCUT2D eigenvalue weighted by atomic mass is 15.2. The fourth-order valence-corrected chi connectivity index (χ4v) is 3.71. The average Bonchev–Trinajstić information content (AvgIpc) is 2.34. The van der Waals surface area contributed by atoms with Gasteiger partial charge in [0.1, 0.15) is 0 Å². The number of piperidine rings is 2. The van der Waals surface area contributed by atoms with Gasteiger partial charge in [0.25, 0.3) is 0 Å². The topological polar surface area (TPSA) is 15.3 Å². The van der Waals surface area contributed by atoms with Crippen molar-refractivity contribution in [3.05, 3.63) is 0 Å². The lowest BCUT2D eigenvalue weighted by Gasteiger charge is -2.43. The first-order chi connectivity index (χ1) is 8.62. The summed E-state index contributed by atoms with van der Waals surface area (Å²) in [5, 5.41) is 3.75. The van der Waals surface area contributed by atoms with E-state index in [0.29, 0.717) is 11.5 Å². The van der Waals surface area contributed by atoms with Crippen molar-refractivity contribution in [1.29, 1.82) is 0 Å². The van der Waals surface area contributed by atoms with Gasteiger partial charge >= 0.3 is 0 Å². The Labute approximate surface area is 114 Å². The number of rotatable bonds is 4. The summed E-state index contributed by atoms with van der Waals surface area (Å²) >= 11 is 0. The molecule has 1 unspecified atom stereocenters. The van der Waals surface area contributed by atoms with Crippen molar-refractivity contribution in [2.24, 2.45) is 11.3 Å². The van der Waals surface area contributed by atoms with Crippen LogP contribution < -0.4 is 5.32 Å². The van der Waals surface area contributed by atoms with Crippen LogP contribution in [0.15, 0.2) is 0 Å². The Morgan fingerprint density at radius 1 is 1.22 bits per heavy atom. The van der Waals surface area contributed by atoms with Gasteiger partial charge in [-0.05, 0) is 56.7 Å². The molecule has 1 N–H and O–H groups in total. The van der Waals surface area contributed by atoms with Crippen LogP contribution in [0.4, 0.5) is 0 Å². The summed E-state index contributed by atoms with van der Waals surface area (Å²) in [4.78, 5) is 2.71. The first kappa shape index (κ1) is 14.3. The second-order valence-electron chi connectivity index (χ2n) is 7.13. The van der Waals surface area contributed by atoms with Gasteiger partial charge in [-0.2, -0.15) is 0 Å². The van der Waals surface area contributed by atoms with Crippen LogP contribution in [-0.2, 0) is 0 Å². The molecule has 0 aromatic rings. The Kier molecular flexibility index (Phi) is 5.08. The number of nitrogens with one attached hydrogen (secondary N) is 1. The molecule has 2 fully saturated rings. The predicted molar refractivity (Wildman–Crippen MR) is 78.9 cm³/mol. The van der Waals surface area contributed by atoms with Crippen molar-refractivity contribution < 1.29 is 0 Å². The molecule has 2 heteroatoms. The largest absolute Gasteiger partial charge is 0.312 e. The third-order valence-electron chi connectivity index (χ3n) is 5.18. The van der Waals surface area contributed by atoms with E-state index in [0.717, 1.165) is 5.92 Å². The van der Waals surface area contributed by atoms with Gasteiger partial charge in [-0.15, -0.1) is 0 Å². The van der Waals surface area contributed by atoms with Crippen molar-refractivity contribution in [3.63, 3.8) is 0 Å². The van der Waals surface area contributed by atoms with E-state index in [1.54, 1.807) is 0 Å². The molecule has 2 saturated heterocycles. The molecule has 18 heavy (non-hydrogen) atoms. The molecule has 2 nitrogen and oxygen atoms in total. The summed E-state index contributed by atoms with van der Waals surface area (Å²) in [5.41, 5.74) is 0.485. The molecule has 1 atom stereocenters. The molecular formula is C16H32N2. The average molecular weight is 252 g/mol. The van der Waals surface area contributed by atoms with Gasteiger partial charge < -0.3 is 10.2 Å². The minimum absolute atomic E-state index is 0.485. The van der Waals surface area contributed by atoms with Crippen LogP contribution in [0.1, 0.15) is 59.3 Å². The highest BCUT2D eigenvalue weighted by Gasteiger charge is 2.33. The van der Waals surface area contributed by atoms with E-state index in [1.807, 2.05) is 0 Å². The minimum Gasteiger partial charge on any atom is -0.312 e. The smallest absolute Gasteiger partial charge is 0.0246 e. The lowest BCUT2D eigenvalue weighted by atomic mass is 9.77. The molecule has 2 aliphatic rings. The fourth-order valence-electron chi connectivity index (χ4n) is 3.71. The molecule has 0 radical (unpaired) electrons. The monoisotopic (exact) mass is 252 g/mol. The highest BCUT2D eigenvalue weighted by Crippen LogP contribution is 2.31. The molecule has 0 saturated carbocycles. The summed E-state index contributed by atoms with van der Waals surface area (Å²) in [6.45, 7) is 12.4. The van der Waals surface area contributed by atoms with Crippen molar-refractivity contribution in [1.82, 2.24) is 10.2 Å². The van der Waals surface area contributed by atoms with Crippen LogP contribution in [-0.4, -0.2) is 37.1 Å². The Bertz CT molecular complexity index is 241. The van der Waals surface area contributed by atoms with Crippen LogP contribution in [0, 0.1) is 11.3 Å². The Balaban J connectivity index is 1.77. The van der Waals surface area contributed by atoms with Crippen molar-refractivity contribution in [2.45, 2.75) is 65.3 Å². The molecule has 2 aliphatic heterocycles. The molecule has 0 bridgehead atoms. The van der Waals surface area contributed by atoms with E-state index in [9.17, 15) is 0 Å². The molecule has 2 heterocycles. The van der Waals surface area contributed by atoms with Gasteiger partial charge in [0.2, 0.25) is 0 Å². The fraction of sp³-hybridized carbons (Fsp3) is 1.00. The number of nitrogens with zero attached hydrogens (tertiary/aromatic N) is 1. The third kappa shape index (κ3) is 3.71. The molecule has 0 amide bonds. The highest BCUT2D eigenvalue weighted by molar-refractivity contribution is 4.91. The van der Waals surface area contributed by atoms with Gasteiger partial charge in [-0.25, -0.2) is 0 Å². The summed E-state index contributed by atoms with van der Waals surface area (Å²) in [6, 6.07) is 0.703. The van der Waals surface area contributed by atoms with Crippen molar-refractivity contribution >= 4 is 0 Å². The Morgan fingerprint density at radius 2 is 1.94 bits per heavy atom. The molecule has 106 valence electrons. The van der Waals surface area contributed by atoms with Crippen LogP contribution in [0.5, 0.6) is 0 Å². The summed E-state index contributed by atoms with van der Waals surface area (Å²) in [7, 11) is 0. The molecule has 0 aliphatic carbocycles. The summed E-state index contributed by atoms with van der Waals surface area (Å²) < 4.78 is 0. The van der Waals surface area contributed by atoms with Crippen molar-refractivity contribution in [2.75, 3.05) is 26.2 Å². The Hall–Kier alpha value is -0.0800. The SMILES string of the molecule is CCCC1CCN(CC2NCCCC2(C)C)CC1. The number of hydrogen-bond acceptors (Lipinski definition) is 2. The summed E-state index contributed by atoms with van der Waals surface area (Å²) in [5.74, 6) is 1.01. The van der Waals surface area contributed by atoms with E-state index in [1.165, 1.54) is 64.7 Å². The van der Waals surface area contributed by atoms with Crippen molar-refractivity contribution in [3.8, 4) is 0 Å². The van der Waals surface area contributed by atoms with Crippen LogP contribution >= 0.6 is 0 Å². The second kappa shape index (κ2) is 6.38. The van der Waals surface area contributed by atoms with Crippen LogP contribution in [0.2, 0.25) is 0 Å². The van der Waals surface area contributed by atoms with Crippen LogP contribution in [0.3, 0.4) is 0 Å². The first-order valence-electron chi connectivity index (χ1n) is 8.07. The first-order valence-corrected chi connectivity index (χ1v) is 8.07. The Morgan fingerprint density at radius 3 is 2.56 bits per heavy atom. The lowest BCUT2D eigenvalue weighted by molar-refractivity contribution is 0.101. The molecule has 0 spiro atoms. The van der Waals surface area contributed by atoms with Gasteiger partial charge in [-0.1, -0.05) is 33.6 Å². The maximum absolute atomic E-state index is 3.75. The van der Waals surface area contributed by atoms with Gasteiger partial charge in [0.15, 0.2) is 0 Å². The lowest BCUT2D eigenvalue weighted by Crippen LogP contribution is -2.53. The molecule has 0 aromatic heterocycles. The van der Waals surface area contributed by atoms with E-state index in [2.05, 4.69) is 31.0 Å². The van der Waals surface area contributed by atoms with E-state index >= 15 is 0 Å². The van der Waals surface area contributed by atoms with E-state index in [-0.39, 0.29) is 0 Å². The maximum Gasteiger partial charge on any atom is 0.0246 e. The number of likely N-dealkylation sites (tertiary alicyclic amines) is 1.